The molecule has 0 saturated carbocycles. The van der Waals surface area contributed by atoms with Crippen molar-refractivity contribution in [1.82, 2.24) is 0 Å². The molecular weight excluding hydrogens is 354 g/mol. The van der Waals surface area contributed by atoms with Crippen molar-refractivity contribution in [2.45, 2.75) is 25.7 Å². The van der Waals surface area contributed by atoms with E-state index < -0.39 is 15.8 Å². The normalized spacial score (nSPS) is 17.9. The first-order chi connectivity index (χ1) is 9.89. The van der Waals surface area contributed by atoms with Crippen LogP contribution in [0, 0.1) is 0 Å². The van der Waals surface area contributed by atoms with Crippen LogP contribution in [0.2, 0.25) is 0 Å². The number of halogens is 1. The minimum atomic E-state index is -3.29. The average molecular weight is 372 g/mol. The summed E-state index contributed by atoms with van der Waals surface area (Å²) in [7, 11) is -3.29. The van der Waals surface area contributed by atoms with Gasteiger partial charge in [0.1, 0.15) is 0 Å². The van der Waals surface area contributed by atoms with Gasteiger partial charge in [-0.25, -0.2) is 8.42 Å². The average Bonchev–Trinajstić information content (AvgIpc) is 2.69. The number of amides is 1. The van der Waals surface area contributed by atoms with Crippen molar-refractivity contribution in [2.24, 2.45) is 0 Å². The predicted molar refractivity (Wildman–Crippen MR) is 88.1 cm³/mol. The minimum absolute atomic E-state index is 0.00999. The van der Waals surface area contributed by atoms with Gasteiger partial charge in [-0.15, -0.1) is 0 Å². The summed E-state index contributed by atoms with van der Waals surface area (Å²) in [5.41, 5.74) is 1.80. The van der Waals surface area contributed by atoms with E-state index in [4.69, 9.17) is 0 Å². The summed E-state index contributed by atoms with van der Waals surface area (Å²) in [5, 5.41) is 0.956. The number of hydrogen-bond donors (Lipinski definition) is 0. The first-order valence-electron chi connectivity index (χ1n) is 6.85. The molecule has 1 heterocycles. The van der Waals surface area contributed by atoms with E-state index in [1.807, 2.05) is 25.1 Å². The van der Waals surface area contributed by atoms with E-state index in [-0.39, 0.29) is 18.1 Å². The van der Waals surface area contributed by atoms with Crippen molar-refractivity contribution in [2.75, 3.05) is 17.2 Å². The van der Waals surface area contributed by atoms with Crippen LogP contribution in [0.5, 0.6) is 0 Å². The molecule has 0 N–H and O–H groups in total. The standard InChI is InChI=1S/C15H18BrNO3S/c1-3-8-17-14-6-5-11(16)10-13(14)12(15(17)18)7-9-21(19,20)4-2/h4-6,10,12H,2-3,7-9H2,1H3. The summed E-state index contributed by atoms with van der Waals surface area (Å²) in [6.45, 7) is 5.97. The zero-order valence-electron chi connectivity index (χ0n) is 11.9. The number of sulfone groups is 1. The van der Waals surface area contributed by atoms with Crippen LogP contribution in [0.4, 0.5) is 5.69 Å². The van der Waals surface area contributed by atoms with E-state index in [1.165, 1.54) is 0 Å². The molecule has 1 aliphatic rings. The summed E-state index contributed by atoms with van der Waals surface area (Å²) >= 11 is 3.41. The lowest BCUT2D eigenvalue weighted by Crippen LogP contribution is -2.30. The van der Waals surface area contributed by atoms with Gasteiger partial charge in [-0.2, -0.15) is 0 Å². The molecule has 0 aliphatic carbocycles. The summed E-state index contributed by atoms with van der Waals surface area (Å²) in [4.78, 5) is 14.3. The van der Waals surface area contributed by atoms with Gasteiger partial charge in [-0.1, -0.05) is 29.4 Å². The Morgan fingerprint density at radius 2 is 2.14 bits per heavy atom. The monoisotopic (exact) mass is 371 g/mol. The summed E-state index contributed by atoms with van der Waals surface area (Å²) < 4.78 is 24.1. The molecule has 0 spiro atoms. The highest BCUT2D eigenvalue weighted by Gasteiger charge is 2.37. The second-order valence-electron chi connectivity index (χ2n) is 5.07. The molecule has 6 heteroatoms. The van der Waals surface area contributed by atoms with Crippen molar-refractivity contribution in [1.29, 1.82) is 0 Å². The maximum Gasteiger partial charge on any atom is 0.234 e. The third-order valence-corrected chi connectivity index (χ3v) is 5.42. The van der Waals surface area contributed by atoms with Crippen molar-refractivity contribution < 1.29 is 13.2 Å². The lowest BCUT2D eigenvalue weighted by Gasteiger charge is -2.16. The van der Waals surface area contributed by atoms with Crippen molar-refractivity contribution in [3.63, 3.8) is 0 Å². The number of nitrogens with zero attached hydrogens (tertiary/aromatic N) is 1. The van der Waals surface area contributed by atoms with Crippen LogP contribution in [0.1, 0.15) is 31.2 Å². The number of rotatable bonds is 6. The molecule has 114 valence electrons. The van der Waals surface area contributed by atoms with E-state index in [0.29, 0.717) is 6.54 Å². The maximum atomic E-state index is 12.6. The van der Waals surface area contributed by atoms with E-state index >= 15 is 0 Å². The summed E-state index contributed by atoms with van der Waals surface area (Å²) in [6, 6.07) is 5.72. The van der Waals surface area contributed by atoms with Crippen LogP contribution in [0.3, 0.4) is 0 Å². The highest BCUT2D eigenvalue weighted by molar-refractivity contribution is 9.10. The Labute approximate surface area is 133 Å². The first kappa shape index (κ1) is 16.2. The molecule has 1 aromatic rings. The Kier molecular flexibility index (Phi) is 4.88. The highest BCUT2D eigenvalue weighted by Crippen LogP contribution is 2.40. The van der Waals surface area contributed by atoms with Crippen LogP contribution in [0.25, 0.3) is 0 Å². The van der Waals surface area contributed by atoms with Crippen molar-refractivity contribution >= 4 is 37.4 Å². The van der Waals surface area contributed by atoms with Gasteiger partial charge in [0, 0.05) is 22.1 Å². The van der Waals surface area contributed by atoms with Gasteiger partial charge in [0.15, 0.2) is 9.84 Å². The Morgan fingerprint density at radius 3 is 2.76 bits per heavy atom. The number of carbonyl (C=O) groups excluding carboxylic acids is 1. The van der Waals surface area contributed by atoms with E-state index in [2.05, 4.69) is 22.5 Å². The van der Waals surface area contributed by atoms with E-state index in [9.17, 15) is 13.2 Å². The maximum absolute atomic E-state index is 12.6. The molecule has 21 heavy (non-hydrogen) atoms. The van der Waals surface area contributed by atoms with Crippen LogP contribution in [0.15, 0.2) is 34.7 Å². The summed E-state index contributed by atoms with van der Waals surface area (Å²) in [5.74, 6) is -0.457. The SMILES string of the molecule is C=CS(=O)(=O)CCC1C(=O)N(CCC)c2ccc(Br)cc21. The number of anilines is 1. The van der Waals surface area contributed by atoms with Gasteiger partial charge >= 0.3 is 0 Å². The van der Waals surface area contributed by atoms with Crippen LogP contribution < -0.4 is 4.90 Å². The molecule has 0 saturated heterocycles. The molecule has 0 bridgehead atoms. The topological polar surface area (TPSA) is 54.5 Å². The molecule has 1 unspecified atom stereocenters. The predicted octanol–water partition coefficient (Wildman–Crippen LogP) is 3.24. The molecule has 1 aromatic carbocycles. The minimum Gasteiger partial charge on any atom is -0.312 e. The van der Waals surface area contributed by atoms with Crippen LogP contribution in [-0.4, -0.2) is 26.6 Å². The smallest absolute Gasteiger partial charge is 0.234 e. The molecule has 1 atom stereocenters. The third-order valence-electron chi connectivity index (χ3n) is 3.61. The molecule has 1 aliphatic heterocycles. The Balaban J connectivity index is 2.32. The number of hydrogen-bond acceptors (Lipinski definition) is 3. The molecule has 0 fully saturated rings. The fraction of sp³-hybridized carbons (Fsp3) is 0.400. The fourth-order valence-electron chi connectivity index (χ4n) is 2.59. The zero-order valence-corrected chi connectivity index (χ0v) is 14.3. The Bertz CT molecular complexity index is 669. The highest BCUT2D eigenvalue weighted by atomic mass is 79.9. The number of fused-ring (bicyclic) bond motifs is 1. The first-order valence-corrected chi connectivity index (χ1v) is 9.36. The molecular formula is C15H18BrNO3S. The Morgan fingerprint density at radius 1 is 1.43 bits per heavy atom. The van der Waals surface area contributed by atoms with Gasteiger partial charge < -0.3 is 4.90 Å². The molecule has 0 aromatic heterocycles. The van der Waals surface area contributed by atoms with Gasteiger partial charge in [-0.05, 0) is 36.6 Å². The van der Waals surface area contributed by atoms with Gasteiger partial charge in [-0.3, -0.25) is 4.79 Å². The van der Waals surface area contributed by atoms with Gasteiger partial charge in [0.2, 0.25) is 5.91 Å². The second-order valence-corrected chi connectivity index (χ2v) is 8.05. The van der Waals surface area contributed by atoms with E-state index in [0.717, 1.165) is 27.6 Å². The third kappa shape index (κ3) is 3.37. The zero-order chi connectivity index (χ0) is 15.6. The lowest BCUT2D eigenvalue weighted by atomic mass is 9.98. The number of carbonyl (C=O) groups is 1. The summed E-state index contributed by atoms with van der Waals surface area (Å²) in [6.07, 6.45) is 1.15. The lowest BCUT2D eigenvalue weighted by molar-refractivity contribution is -0.119. The largest absolute Gasteiger partial charge is 0.312 e. The number of benzene rings is 1. The molecule has 2 rings (SSSR count). The van der Waals surface area contributed by atoms with Crippen LogP contribution in [-0.2, 0) is 14.6 Å². The quantitative estimate of drug-likeness (QED) is 0.771. The second kappa shape index (κ2) is 6.32. The molecule has 4 nitrogen and oxygen atoms in total. The van der Waals surface area contributed by atoms with Crippen molar-refractivity contribution in [3.05, 3.63) is 40.2 Å². The fourth-order valence-corrected chi connectivity index (χ4v) is 3.70. The molecule has 0 radical (unpaired) electrons. The van der Waals surface area contributed by atoms with E-state index in [1.54, 1.807) is 4.90 Å². The van der Waals surface area contributed by atoms with Gasteiger partial charge in [0.05, 0.1) is 11.7 Å². The van der Waals surface area contributed by atoms with Crippen molar-refractivity contribution in [3.8, 4) is 0 Å². The molecule has 1 amide bonds. The Hall–Kier alpha value is -1.14. The van der Waals surface area contributed by atoms with Gasteiger partial charge in [0.25, 0.3) is 0 Å². The van der Waals surface area contributed by atoms with Crippen LogP contribution >= 0.6 is 15.9 Å².